The second-order valence-electron chi connectivity index (χ2n) is 6.77. The van der Waals surface area contributed by atoms with Gasteiger partial charge in [-0.25, -0.2) is 0 Å². The lowest BCUT2D eigenvalue weighted by Crippen LogP contribution is -2.48. The topological polar surface area (TPSA) is 82.0 Å². The van der Waals surface area contributed by atoms with E-state index in [2.05, 4.69) is 16.7 Å². The Morgan fingerprint density at radius 1 is 1.12 bits per heavy atom. The summed E-state index contributed by atoms with van der Waals surface area (Å²) in [6, 6.07) is 18.3. The lowest BCUT2D eigenvalue weighted by Gasteiger charge is -2.23. The molecule has 2 aromatic rings. The fourth-order valence-electron chi connectivity index (χ4n) is 2.92. The third kappa shape index (κ3) is 4.09. The molecule has 0 bridgehead atoms. The summed E-state index contributed by atoms with van der Waals surface area (Å²) in [7, 11) is 0. The minimum atomic E-state index is -0.802. The van der Waals surface area contributed by atoms with Gasteiger partial charge in [0, 0.05) is 16.8 Å². The first-order valence-electron chi connectivity index (χ1n) is 8.68. The van der Waals surface area contributed by atoms with Crippen molar-refractivity contribution in [3.05, 3.63) is 65.7 Å². The second-order valence-corrected chi connectivity index (χ2v) is 6.77. The molecule has 1 aliphatic carbocycles. The molecule has 5 heteroatoms. The van der Waals surface area contributed by atoms with Crippen LogP contribution in [0.3, 0.4) is 0 Å². The minimum Gasteiger partial charge on any atom is -0.376 e. The number of ketones is 1. The number of rotatable bonds is 7. The summed E-state index contributed by atoms with van der Waals surface area (Å²) in [6.45, 7) is 1.81. The largest absolute Gasteiger partial charge is 0.376 e. The van der Waals surface area contributed by atoms with Crippen LogP contribution in [0.4, 0.5) is 5.69 Å². The Morgan fingerprint density at radius 3 is 2.46 bits per heavy atom. The van der Waals surface area contributed by atoms with Crippen LogP contribution in [0.1, 0.15) is 35.7 Å². The van der Waals surface area contributed by atoms with Gasteiger partial charge >= 0.3 is 0 Å². The summed E-state index contributed by atoms with van der Waals surface area (Å²) in [4.78, 5) is 24.7. The zero-order valence-corrected chi connectivity index (χ0v) is 14.7. The average molecular weight is 347 g/mol. The summed E-state index contributed by atoms with van der Waals surface area (Å²) in [6.07, 6.45) is 1.95. The smallest absolute Gasteiger partial charge is 0.240 e. The van der Waals surface area contributed by atoms with Gasteiger partial charge in [-0.05, 0) is 37.8 Å². The third-order valence-corrected chi connectivity index (χ3v) is 4.64. The van der Waals surface area contributed by atoms with Crippen LogP contribution in [0.15, 0.2) is 54.6 Å². The van der Waals surface area contributed by atoms with E-state index < -0.39 is 5.54 Å². The molecule has 2 N–H and O–H groups in total. The van der Waals surface area contributed by atoms with Gasteiger partial charge in [0.2, 0.25) is 5.91 Å². The van der Waals surface area contributed by atoms with Crippen molar-refractivity contribution in [2.24, 2.45) is 5.92 Å². The van der Waals surface area contributed by atoms with E-state index in [0.29, 0.717) is 16.8 Å². The van der Waals surface area contributed by atoms with Crippen molar-refractivity contribution in [2.75, 3.05) is 11.9 Å². The average Bonchev–Trinajstić information content (AvgIpc) is 3.52. The Balaban J connectivity index is 1.61. The zero-order valence-electron chi connectivity index (χ0n) is 14.7. The molecule has 0 heterocycles. The molecule has 1 amide bonds. The van der Waals surface area contributed by atoms with Gasteiger partial charge in [0.05, 0.1) is 12.6 Å². The number of hydrogen-bond acceptors (Lipinski definition) is 4. The van der Waals surface area contributed by atoms with E-state index >= 15 is 0 Å². The predicted octanol–water partition coefficient (Wildman–Crippen LogP) is 3.14. The highest BCUT2D eigenvalue weighted by molar-refractivity contribution is 6.09. The molecule has 0 spiro atoms. The number of anilines is 1. The summed E-state index contributed by atoms with van der Waals surface area (Å²) in [5.41, 5.74) is 1.06. The molecule has 26 heavy (non-hydrogen) atoms. The van der Waals surface area contributed by atoms with Crippen molar-refractivity contribution in [1.29, 1.82) is 5.26 Å². The minimum absolute atomic E-state index is 0.0486. The molecule has 0 aromatic heterocycles. The van der Waals surface area contributed by atoms with Crippen LogP contribution in [0.2, 0.25) is 0 Å². The van der Waals surface area contributed by atoms with Crippen LogP contribution in [-0.4, -0.2) is 23.8 Å². The Bertz CT molecular complexity index is 853. The van der Waals surface area contributed by atoms with Gasteiger partial charge in [-0.3, -0.25) is 9.59 Å². The van der Waals surface area contributed by atoms with E-state index in [9.17, 15) is 14.9 Å². The molecular formula is C21H21N3O2. The summed E-state index contributed by atoms with van der Waals surface area (Å²) >= 11 is 0. The van der Waals surface area contributed by atoms with Crippen LogP contribution in [0.25, 0.3) is 0 Å². The number of carbonyl (C=O) groups excluding carboxylic acids is 2. The highest BCUT2D eigenvalue weighted by Crippen LogP contribution is 2.39. The predicted molar refractivity (Wildman–Crippen MR) is 99.7 cm³/mol. The molecule has 5 nitrogen and oxygen atoms in total. The van der Waals surface area contributed by atoms with Gasteiger partial charge < -0.3 is 10.6 Å². The van der Waals surface area contributed by atoms with Crippen molar-refractivity contribution >= 4 is 17.4 Å². The van der Waals surface area contributed by atoms with Crippen LogP contribution >= 0.6 is 0 Å². The number of hydrogen-bond donors (Lipinski definition) is 2. The standard InChI is InChI=1S/C21H21N3O2/c1-21(14-22,17-10-11-17)24-19(25)13-23-18-9-5-8-16(12-18)20(26)15-6-3-2-4-7-15/h2-9,12,17,23H,10-11,13H2,1H3,(H,24,25)/t21-/m1/s1. The van der Waals surface area contributed by atoms with Crippen LogP contribution < -0.4 is 10.6 Å². The van der Waals surface area contributed by atoms with Crippen molar-refractivity contribution in [3.8, 4) is 6.07 Å². The van der Waals surface area contributed by atoms with E-state index in [4.69, 9.17) is 0 Å². The maximum Gasteiger partial charge on any atom is 0.240 e. The first-order valence-corrected chi connectivity index (χ1v) is 8.68. The van der Waals surface area contributed by atoms with Gasteiger partial charge in [0.25, 0.3) is 0 Å². The van der Waals surface area contributed by atoms with Crippen molar-refractivity contribution in [3.63, 3.8) is 0 Å². The highest BCUT2D eigenvalue weighted by atomic mass is 16.2. The van der Waals surface area contributed by atoms with Crippen molar-refractivity contribution < 1.29 is 9.59 Å². The number of carbonyl (C=O) groups is 2. The molecule has 0 radical (unpaired) electrons. The van der Waals surface area contributed by atoms with E-state index in [1.165, 1.54) is 0 Å². The second kappa shape index (κ2) is 7.40. The molecule has 0 aliphatic heterocycles. The molecule has 3 rings (SSSR count). The van der Waals surface area contributed by atoms with Crippen LogP contribution in [0, 0.1) is 17.2 Å². The first-order chi connectivity index (χ1) is 12.5. The fraction of sp³-hybridized carbons (Fsp3) is 0.286. The number of benzene rings is 2. The van der Waals surface area contributed by atoms with Crippen LogP contribution in [0.5, 0.6) is 0 Å². The van der Waals surface area contributed by atoms with Crippen LogP contribution in [-0.2, 0) is 4.79 Å². The van der Waals surface area contributed by atoms with Gasteiger partial charge in [-0.15, -0.1) is 0 Å². The lowest BCUT2D eigenvalue weighted by molar-refractivity contribution is -0.120. The van der Waals surface area contributed by atoms with Gasteiger partial charge in [0.15, 0.2) is 5.78 Å². The number of nitrogens with one attached hydrogen (secondary N) is 2. The number of nitrogens with zero attached hydrogens (tertiary/aromatic N) is 1. The monoisotopic (exact) mass is 347 g/mol. The molecule has 1 saturated carbocycles. The Kier molecular flexibility index (Phi) is 5.04. The molecule has 1 fully saturated rings. The van der Waals surface area contributed by atoms with E-state index in [1.54, 1.807) is 43.3 Å². The maximum absolute atomic E-state index is 12.5. The normalized spacial score (nSPS) is 15.4. The van der Waals surface area contributed by atoms with Gasteiger partial charge in [-0.1, -0.05) is 42.5 Å². The zero-order chi connectivity index (χ0) is 18.6. The fourth-order valence-corrected chi connectivity index (χ4v) is 2.92. The summed E-state index contributed by atoms with van der Waals surface area (Å²) in [5, 5.41) is 15.1. The molecular weight excluding hydrogens is 326 g/mol. The van der Waals surface area contributed by atoms with E-state index in [1.807, 2.05) is 18.2 Å². The lowest BCUT2D eigenvalue weighted by atomic mass is 9.98. The molecule has 0 saturated heterocycles. The Morgan fingerprint density at radius 2 is 1.81 bits per heavy atom. The number of nitriles is 1. The third-order valence-electron chi connectivity index (χ3n) is 4.64. The molecule has 132 valence electrons. The number of amides is 1. The Labute approximate surface area is 153 Å². The molecule has 0 unspecified atom stereocenters. The molecule has 1 atom stereocenters. The van der Waals surface area contributed by atoms with Gasteiger partial charge in [0.1, 0.15) is 5.54 Å². The van der Waals surface area contributed by atoms with Crippen molar-refractivity contribution in [2.45, 2.75) is 25.3 Å². The SMILES string of the molecule is C[C@](C#N)(NC(=O)CNc1cccc(C(=O)c2ccccc2)c1)C1CC1. The Hall–Kier alpha value is -3.13. The van der Waals surface area contributed by atoms with Crippen molar-refractivity contribution in [1.82, 2.24) is 5.32 Å². The summed E-state index contributed by atoms with van der Waals surface area (Å²) < 4.78 is 0. The van der Waals surface area contributed by atoms with E-state index in [0.717, 1.165) is 12.8 Å². The van der Waals surface area contributed by atoms with Gasteiger partial charge in [-0.2, -0.15) is 5.26 Å². The maximum atomic E-state index is 12.5. The molecule has 1 aliphatic rings. The van der Waals surface area contributed by atoms with E-state index in [-0.39, 0.29) is 24.2 Å². The first kappa shape index (κ1) is 17.7. The summed E-state index contributed by atoms with van der Waals surface area (Å²) in [5.74, 6) is -0.0616. The quantitative estimate of drug-likeness (QED) is 0.754. The highest BCUT2D eigenvalue weighted by Gasteiger charge is 2.42. The molecule has 2 aromatic carbocycles.